The Morgan fingerprint density at radius 3 is 2.67 bits per heavy atom. The van der Waals surface area contributed by atoms with E-state index in [2.05, 4.69) is 11.2 Å². The lowest BCUT2D eigenvalue weighted by molar-refractivity contribution is -0.125. The van der Waals surface area contributed by atoms with Gasteiger partial charge in [-0.2, -0.15) is 0 Å². The van der Waals surface area contributed by atoms with Crippen LogP contribution in [0.1, 0.15) is 44.9 Å². The van der Waals surface area contributed by atoms with Gasteiger partial charge in [-0.15, -0.1) is 12.3 Å². The van der Waals surface area contributed by atoms with Gasteiger partial charge in [0.05, 0.1) is 12.1 Å². The number of unbranched alkanes of at least 4 members (excludes halogenated alkanes) is 2. The van der Waals surface area contributed by atoms with Gasteiger partial charge in [0.2, 0.25) is 5.91 Å². The van der Waals surface area contributed by atoms with Crippen LogP contribution in [0.15, 0.2) is 0 Å². The van der Waals surface area contributed by atoms with E-state index < -0.39 is 0 Å². The van der Waals surface area contributed by atoms with E-state index in [0.717, 1.165) is 38.5 Å². The molecule has 2 N–H and O–H groups in total. The summed E-state index contributed by atoms with van der Waals surface area (Å²) in [4.78, 5) is 11.5. The van der Waals surface area contributed by atoms with Crippen molar-refractivity contribution in [1.82, 2.24) is 5.32 Å². The third kappa shape index (κ3) is 3.56. The van der Waals surface area contributed by atoms with Crippen molar-refractivity contribution in [3.8, 4) is 12.3 Å². The molecule has 15 heavy (non-hydrogen) atoms. The van der Waals surface area contributed by atoms with Crippen molar-refractivity contribution in [3.63, 3.8) is 0 Å². The zero-order valence-electron chi connectivity index (χ0n) is 9.09. The molecule has 0 aromatic rings. The molecule has 0 saturated heterocycles. The van der Waals surface area contributed by atoms with Crippen LogP contribution in [0.2, 0.25) is 0 Å². The van der Waals surface area contributed by atoms with Crippen molar-refractivity contribution < 1.29 is 9.90 Å². The topological polar surface area (TPSA) is 49.3 Å². The fourth-order valence-electron chi connectivity index (χ4n) is 1.80. The second kappa shape index (κ2) is 5.77. The summed E-state index contributed by atoms with van der Waals surface area (Å²) >= 11 is 0. The van der Waals surface area contributed by atoms with E-state index in [0.29, 0.717) is 6.42 Å². The van der Waals surface area contributed by atoms with Gasteiger partial charge in [-0.3, -0.25) is 4.79 Å². The highest BCUT2D eigenvalue weighted by molar-refractivity contribution is 5.76. The molecule has 0 atom stereocenters. The Bertz CT molecular complexity index is 245. The van der Waals surface area contributed by atoms with Crippen molar-refractivity contribution in [3.05, 3.63) is 0 Å². The Morgan fingerprint density at radius 1 is 1.47 bits per heavy atom. The fraction of sp³-hybridized carbons (Fsp3) is 0.750. The minimum atomic E-state index is -0.302. The number of carbonyl (C=O) groups is 1. The molecule has 1 aliphatic rings. The van der Waals surface area contributed by atoms with Gasteiger partial charge in [0.1, 0.15) is 0 Å². The Labute approximate surface area is 91.3 Å². The Hall–Kier alpha value is -1.01. The maximum Gasteiger partial charge on any atom is 0.220 e. The predicted molar refractivity (Wildman–Crippen MR) is 59.1 cm³/mol. The third-order valence-corrected chi connectivity index (χ3v) is 2.99. The van der Waals surface area contributed by atoms with E-state index >= 15 is 0 Å². The lowest BCUT2D eigenvalue weighted by atomic mass is 9.77. The number of rotatable bonds is 6. The first kappa shape index (κ1) is 12.1. The van der Waals surface area contributed by atoms with Crippen LogP contribution in [-0.2, 0) is 4.79 Å². The van der Waals surface area contributed by atoms with Crippen LogP contribution in [0.25, 0.3) is 0 Å². The molecule has 0 bridgehead atoms. The van der Waals surface area contributed by atoms with E-state index in [1.165, 1.54) is 0 Å². The molecule has 0 aliphatic heterocycles. The van der Waals surface area contributed by atoms with Crippen LogP contribution in [0, 0.1) is 12.3 Å². The summed E-state index contributed by atoms with van der Waals surface area (Å²) in [5.41, 5.74) is -0.302. The summed E-state index contributed by atoms with van der Waals surface area (Å²) in [5.74, 6) is 2.59. The molecule has 0 spiro atoms. The Morgan fingerprint density at radius 2 is 2.20 bits per heavy atom. The monoisotopic (exact) mass is 209 g/mol. The van der Waals surface area contributed by atoms with E-state index in [1.807, 2.05) is 0 Å². The van der Waals surface area contributed by atoms with Crippen LogP contribution < -0.4 is 5.32 Å². The number of aliphatic hydroxyl groups excluding tert-OH is 1. The molecule has 0 aromatic carbocycles. The Balaban J connectivity index is 2.15. The maximum atomic E-state index is 11.5. The third-order valence-electron chi connectivity index (χ3n) is 2.99. The number of terminal acetylenes is 1. The molecule has 1 saturated carbocycles. The molecule has 1 amide bonds. The maximum absolute atomic E-state index is 11.5. The van der Waals surface area contributed by atoms with E-state index in [9.17, 15) is 4.79 Å². The van der Waals surface area contributed by atoms with E-state index in [1.54, 1.807) is 0 Å². The summed E-state index contributed by atoms with van der Waals surface area (Å²) in [6, 6.07) is 0. The highest BCUT2D eigenvalue weighted by Crippen LogP contribution is 2.31. The van der Waals surface area contributed by atoms with Gasteiger partial charge < -0.3 is 10.4 Å². The molecule has 1 aliphatic carbocycles. The first-order valence-electron chi connectivity index (χ1n) is 5.58. The molecular weight excluding hydrogens is 190 g/mol. The predicted octanol–water partition coefficient (Wildman–Crippen LogP) is 1.21. The number of aliphatic hydroxyl groups is 1. The molecule has 3 nitrogen and oxygen atoms in total. The molecule has 0 heterocycles. The second-order valence-electron chi connectivity index (χ2n) is 4.25. The summed E-state index contributed by atoms with van der Waals surface area (Å²) in [5, 5.41) is 12.1. The summed E-state index contributed by atoms with van der Waals surface area (Å²) in [6.07, 6.45) is 11.0. The average molecular weight is 209 g/mol. The number of hydrogen-bond donors (Lipinski definition) is 2. The zero-order valence-corrected chi connectivity index (χ0v) is 9.09. The van der Waals surface area contributed by atoms with Gasteiger partial charge in [-0.1, -0.05) is 0 Å². The van der Waals surface area contributed by atoms with Crippen LogP contribution in [0.4, 0.5) is 0 Å². The number of nitrogens with one attached hydrogen (secondary N) is 1. The number of amides is 1. The lowest BCUT2D eigenvalue weighted by Gasteiger charge is -2.41. The summed E-state index contributed by atoms with van der Waals surface area (Å²) in [6.45, 7) is 0.0586. The van der Waals surface area contributed by atoms with Crippen molar-refractivity contribution in [1.29, 1.82) is 0 Å². The minimum Gasteiger partial charge on any atom is -0.394 e. The van der Waals surface area contributed by atoms with Gasteiger partial charge in [-0.05, 0) is 32.1 Å². The molecule has 1 rings (SSSR count). The summed E-state index contributed by atoms with van der Waals surface area (Å²) in [7, 11) is 0. The molecule has 84 valence electrons. The van der Waals surface area contributed by atoms with Crippen LogP contribution in [-0.4, -0.2) is 23.2 Å². The minimum absolute atomic E-state index is 0.0424. The van der Waals surface area contributed by atoms with Gasteiger partial charge in [-0.25, -0.2) is 0 Å². The molecule has 0 aromatic heterocycles. The first-order chi connectivity index (χ1) is 7.22. The molecule has 3 heteroatoms. The van der Waals surface area contributed by atoms with E-state index in [-0.39, 0.29) is 18.1 Å². The van der Waals surface area contributed by atoms with Crippen molar-refractivity contribution in [2.45, 2.75) is 50.5 Å². The largest absolute Gasteiger partial charge is 0.394 e. The van der Waals surface area contributed by atoms with Gasteiger partial charge in [0.15, 0.2) is 0 Å². The van der Waals surface area contributed by atoms with E-state index in [4.69, 9.17) is 11.5 Å². The lowest BCUT2D eigenvalue weighted by Crippen LogP contribution is -2.56. The summed E-state index contributed by atoms with van der Waals surface area (Å²) < 4.78 is 0. The van der Waals surface area contributed by atoms with Crippen molar-refractivity contribution in [2.24, 2.45) is 0 Å². The average Bonchev–Trinajstić information content (AvgIpc) is 2.18. The van der Waals surface area contributed by atoms with Crippen LogP contribution in [0.5, 0.6) is 0 Å². The van der Waals surface area contributed by atoms with Crippen LogP contribution in [0.3, 0.4) is 0 Å². The SMILES string of the molecule is C#CCCCCC(=O)NC1(CO)CCC1. The molecular formula is C12H19NO2. The highest BCUT2D eigenvalue weighted by Gasteiger charge is 2.37. The van der Waals surface area contributed by atoms with Crippen molar-refractivity contribution >= 4 is 5.91 Å². The zero-order chi connectivity index (χ0) is 11.1. The second-order valence-corrected chi connectivity index (χ2v) is 4.25. The smallest absolute Gasteiger partial charge is 0.220 e. The highest BCUT2D eigenvalue weighted by atomic mass is 16.3. The Kier molecular flexibility index (Phi) is 4.64. The van der Waals surface area contributed by atoms with Gasteiger partial charge >= 0.3 is 0 Å². The number of hydrogen-bond acceptors (Lipinski definition) is 2. The van der Waals surface area contributed by atoms with Gasteiger partial charge in [0, 0.05) is 12.8 Å². The molecule has 0 unspecified atom stereocenters. The van der Waals surface area contributed by atoms with Gasteiger partial charge in [0.25, 0.3) is 0 Å². The first-order valence-corrected chi connectivity index (χ1v) is 5.58. The van der Waals surface area contributed by atoms with Crippen molar-refractivity contribution in [2.75, 3.05) is 6.61 Å². The molecule has 0 radical (unpaired) electrons. The van der Waals surface area contributed by atoms with Crippen LogP contribution >= 0.6 is 0 Å². The standard InChI is InChI=1S/C12H19NO2/c1-2-3-4-5-7-11(15)13-12(10-14)8-6-9-12/h1,14H,3-10H2,(H,13,15). The normalized spacial score (nSPS) is 17.6. The molecule has 1 fully saturated rings. The quantitative estimate of drug-likeness (QED) is 0.510. The fourth-order valence-corrected chi connectivity index (χ4v) is 1.80. The number of carbonyl (C=O) groups excluding carboxylic acids is 1.